The van der Waals surface area contributed by atoms with Crippen molar-refractivity contribution >= 4 is 5.97 Å². The monoisotopic (exact) mass is 227 g/mol. The first-order chi connectivity index (χ1) is 7.83. The third kappa shape index (κ3) is 6.11. The summed E-state index contributed by atoms with van der Waals surface area (Å²) in [5, 5.41) is 3.44. The van der Waals surface area contributed by atoms with Gasteiger partial charge in [0.05, 0.1) is 13.0 Å². The molecule has 1 unspecified atom stereocenters. The van der Waals surface area contributed by atoms with Crippen LogP contribution in [0.25, 0.3) is 0 Å². The van der Waals surface area contributed by atoms with Crippen LogP contribution in [0, 0.1) is 0 Å². The normalized spacial score (nSPS) is 22.2. The van der Waals surface area contributed by atoms with Crippen LogP contribution in [-0.2, 0) is 9.53 Å². The molecular formula is C13H25NO2. The summed E-state index contributed by atoms with van der Waals surface area (Å²) in [7, 11) is 0. The Balaban J connectivity index is 2.14. The van der Waals surface area contributed by atoms with Crippen LogP contribution in [0.4, 0.5) is 0 Å². The molecule has 1 heterocycles. The van der Waals surface area contributed by atoms with Crippen LogP contribution < -0.4 is 5.32 Å². The Hall–Kier alpha value is -0.570. The molecule has 1 aliphatic heterocycles. The van der Waals surface area contributed by atoms with Gasteiger partial charge in [-0.2, -0.15) is 0 Å². The number of esters is 1. The molecule has 1 N–H and O–H groups in total. The van der Waals surface area contributed by atoms with Gasteiger partial charge in [0.25, 0.3) is 0 Å². The zero-order chi connectivity index (χ0) is 11.6. The summed E-state index contributed by atoms with van der Waals surface area (Å²) in [6.07, 6.45) is 8.82. The maximum absolute atomic E-state index is 11.5. The van der Waals surface area contributed by atoms with Gasteiger partial charge in [-0.15, -0.1) is 0 Å². The summed E-state index contributed by atoms with van der Waals surface area (Å²) in [5.41, 5.74) is 0. The molecule has 94 valence electrons. The molecule has 0 bridgehead atoms. The van der Waals surface area contributed by atoms with Crippen LogP contribution in [0.1, 0.15) is 58.3 Å². The summed E-state index contributed by atoms with van der Waals surface area (Å²) in [5.74, 6) is -0.0356. The molecule has 0 spiro atoms. The number of hydrogen-bond donors (Lipinski definition) is 1. The molecule has 0 amide bonds. The molecule has 0 aliphatic carbocycles. The van der Waals surface area contributed by atoms with Crippen molar-refractivity contribution < 1.29 is 9.53 Å². The molecule has 0 saturated carbocycles. The van der Waals surface area contributed by atoms with E-state index in [-0.39, 0.29) is 5.97 Å². The topological polar surface area (TPSA) is 38.3 Å². The predicted molar refractivity (Wildman–Crippen MR) is 65.4 cm³/mol. The van der Waals surface area contributed by atoms with Gasteiger partial charge in [-0.05, 0) is 25.8 Å². The maximum atomic E-state index is 11.5. The van der Waals surface area contributed by atoms with Crippen molar-refractivity contribution in [2.45, 2.75) is 64.3 Å². The Labute approximate surface area is 98.9 Å². The van der Waals surface area contributed by atoms with Crippen LogP contribution in [-0.4, -0.2) is 25.2 Å². The average Bonchev–Trinajstić information content (AvgIpc) is 2.22. The summed E-state index contributed by atoms with van der Waals surface area (Å²) < 4.78 is 5.18. The van der Waals surface area contributed by atoms with Crippen molar-refractivity contribution in [1.29, 1.82) is 0 Å². The number of carbonyl (C=O) groups excluding carboxylic acids is 1. The lowest BCUT2D eigenvalue weighted by atomic mass is 10.0. The Bertz CT molecular complexity index is 186. The fourth-order valence-electron chi connectivity index (χ4n) is 2.04. The lowest BCUT2D eigenvalue weighted by Crippen LogP contribution is -2.33. The molecule has 0 radical (unpaired) electrons. The Kier molecular flexibility index (Phi) is 7.23. The highest BCUT2D eigenvalue weighted by Crippen LogP contribution is 2.12. The van der Waals surface area contributed by atoms with E-state index in [1.54, 1.807) is 0 Å². The third-order valence-electron chi connectivity index (χ3n) is 3.09. The zero-order valence-corrected chi connectivity index (χ0v) is 10.5. The highest BCUT2D eigenvalue weighted by Gasteiger charge is 2.15. The van der Waals surface area contributed by atoms with E-state index in [0.717, 1.165) is 25.8 Å². The van der Waals surface area contributed by atoms with Crippen LogP contribution in [0.15, 0.2) is 0 Å². The molecule has 3 heteroatoms. The Morgan fingerprint density at radius 2 is 2.12 bits per heavy atom. The number of nitrogens with one attached hydrogen (secondary N) is 1. The highest BCUT2D eigenvalue weighted by atomic mass is 16.5. The van der Waals surface area contributed by atoms with Gasteiger partial charge in [-0.25, -0.2) is 0 Å². The van der Waals surface area contributed by atoms with E-state index >= 15 is 0 Å². The largest absolute Gasteiger partial charge is 0.466 e. The van der Waals surface area contributed by atoms with Gasteiger partial charge in [-0.1, -0.05) is 32.6 Å². The quantitative estimate of drug-likeness (QED) is 0.579. The molecule has 1 aliphatic rings. The fourth-order valence-corrected chi connectivity index (χ4v) is 2.04. The maximum Gasteiger partial charge on any atom is 0.307 e. The predicted octanol–water partition coefficient (Wildman–Crippen LogP) is 2.64. The van der Waals surface area contributed by atoms with Gasteiger partial charge in [0.2, 0.25) is 0 Å². The number of rotatable bonds is 5. The van der Waals surface area contributed by atoms with Gasteiger partial charge >= 0.3 is 5.97 Å². The average molecular weight is 227 g/mol. The second-order valence-corrected chi connectivity index (χ2v) is 4.63. The van der Waals surface area contributed by atoms with E-state index in [9.17, 15) is 4.79 Å². The van der Waals surface area contributed by atoms with Crippen LogP contribution >= 0.6 is 0 Å². The van der Waals surface area contributed by atoms with E-state index in [2.05, 4.69) is 12.2 Å². The SMILES string of the molecule is CCCCOC(=O)CC1CCCCCCN1. The van der Waals surface area contributed by atoms with Crippen molar-refractivity contribution in [2.75, 3.05) is 13.2 Å². The van der Waals surface area contributed by atoms with Crippen LogP contribution in [0.3, 0.4) is 0 Å². The summed E-state index contributed by atoms with van der Waals surface area (Å²) in [6.45, 7) is 3.74. The van der Waals surface area contributed by atoms with E-state index < -0.39 is 0 Å². The molecular weight excluding hydrogens is 202 g/mol. The second-order valence-electron chi connectivity index (χ2n) is 4.63. The van der Waals surface area contributed by atoms with Gasteiger partial charge in [0.15, 0.2) is 0 Å². The van der Waals surface area contributed by atoms with E-state index in [1.807, 2.05) is 0 Å². The highest BCUT2D eigenvalue weighted by molar-refractivity contribution is 5.70. The van der Waals surface area contributed by atoms with Crippen LogP contribution in [0.2, 0.25) is 0 Å². The number of carbonyl (C=O) groups is 1. The van der Waals surface area contributed by atoms with Crippen molar-refractivity contribution in [3.05, 3.63) is 0 Å². The van der Waals surface area contributed by atoms with E-state index in [0.29, 0.717) is 19.1 Å². The summed E-state index contributed by atoms with van der Waals surface area (Å²) in [6, 6.07) is 0.342. The molecule has 0 aromatic rings. The molecule has 1 rings (SSSR count). The molecule has 1 saturated heterocycles. The minimum atomic E-state index is -0.0356. The molecule has 0 aromatic carbocycles. The van der Waals surface area contributed by atoms with Gasteiger partial charge in [0.1, 0.15) is 0 Å². The lowest BCUT2D eigenvalue weighted by molar-refractivity contribution is -0.144. The molecule has 3 nitrogen and oxygen atoms in total. The van der Waals surface area contributed by atoms with Gasteiger partial charge in [0, 0.05) is 6.04 Å². The smallest absolute Gasteiger partial charge is 0.307 e. The number of ether oxygens (including phenoxy) is 1. The third-order valence-corrected chi connectivity index (χ3v) is 3.09. The standard InChI is InChI=1S/C13H25NO2/c1-2-3-10-16-13(15)11-12-8-6-4-5-7-9-14-12/h12,14H,2-11H2,1H3. The molecule has 1 fully saturated rings. The molecule has 1 atom stereocenters. The van der Waals surface area contributed by atoms with Gasteiger partial charge < -0.3 is 10.1 Å². The summed E-state index contributed by atoms with van der Waals surface area (Å²) in [4.78, 5) is 11.5. The van der Waals surface area contributed by atoms with E-state index in [4.69, 9.17) is 4.74 Å². The van der Waals surface area contributed by atoms with Gasteiger partial charge in [-0.3, -0.25) is 4.79 Å². The molecule has 16 heavy (non-hydrogen) atoms. The lowest BCUT2D eigenvalue weighted by Gasteiger charge is -2.20. The first-order valence-electron chi connectivity index (χ1n) is 6.72. The van der Waals surface area contributed by atoms with Crippen molar-refractivity contribution in [3.8, 4) is 0 Å². The number of unbranched alkanes of at least 4 members (excludes halogenated alkanes) is 1. The minimum absolute atomic E-state index is 0.0356. The summed E-state index contributed by atoms with van der Waals surface area (Å²) >= 11 is 0. The number of hydrogen-bond acceptors (Lipinski definition) is 3. The fraction of sp³-hybridized carbons (Fsp3) is 0.923. The zero-order valence-electron chi connectivity index (χ0n) is 10.5. The first kappa shape index (κ1) is 13.5. The van der Waals surface area contributed by atoms with Crippen molar-refractivity contribution in [2.24, 2.45) is 0 Å². The molecule has 0 aromatic heterocycles. The van der Waals surface area contributed by atoms with Crippen LogP contribution in [0.5, 0.6) is 0 Å². The first-order valence-corrected chi connectivity index (χ1v) is 6.72. The van der Waals surface area contributed by atoms with E-state index in [1.165, 1.54) is 25.7 Å². The van der Waals surface area contributed by atoms with Crippen molar-refractivity contribution in [3.63, 3.8) is 0 Å². The Morgan fingerprint density at radius 1 is 1.31 bits per heavy atom. The minimum Gasteiger partial charge on any atom is -0.466 e. The van der Waals surface area contributed by atoms with Crippen molar-refractivity contribution in [1.82, 2.24) is 5.32 Å². The second kappa shape index (κ2) is 8.57. The Morgan fingerprint density at radius 3 is 2.94 bits per heavy atom.